The highest BCUT2D eigenvalue weighted by molar-refractivity contribution is 5.91. The molecule has 28 heavy (non-hydrogen) atoms. The molecule has 0 N–H and O–H groups in total. The summed E-state index contributed by atoms with van der Waals surface area (Å²) in [5.41, 5.74) is 5.55. The first-order valence-corrected chi connectivity index (χ1v) is 8.85. The van der Waals surface area contributed by atoms with Gasteiger partial charge in [-0.3, -0.25) is 0 Å². The molecule has 0 bridgehead atoms. The van der Waals surface area contributed by atoms with Gasteiger partial charge in [-0.15, -0.1) is 0 Å². The fraction of sp³-hybridized carbons (Fsp3) is 0.136. The Labute approximate surface area is 162 Å². The first-order valence-electron chi connectivity index (χ1n) is 8.85. The number of nitrogens with zero attached hydrogens (tertiary/aromatic N) is 5. The average molecular weight is 371 g/mol. The van der Waals surface area contributed by atoms with Gasteiger partial charge in [0.25, 0.3) is 0 Å². The van der Waals surface area contributed by atoms with E-state index in [0.717, 1.165) is 33.7 Å². The second-order valence-corrected chi connectivity index (χ2v) is 6.63. The summed E-state index contributed by atoms with van der Waals surface area (Å²) in [4.78, 5) is 4.62. The molecule has 0 amide bonds. The summed E-state index contributed by atoms with van der Waals surface area (Å²) in [5, 5.41) is 14.4. The standard InChI is InChI=1S/C22H18FN5/c1-14-19(15(2)28(26-14)18-10-8-17(23)9-11-18)12-16(13-24)22-25-20-6-4-5-7-21(20)27(22)3/h4-12H,1-3H3. The van der Waals surface area contributed by atoms with Crippen LogP contribution in [0.25, 0.3) is 28.4 Å². The van der Waals surface area contributed by atoms with E-state index in [1.165, 1.54) is 12.1 Å². The number of aromatic nitrogens is 4. The number of halogens is 1. The number of hydrogen-bond donors (Lipinski definition) is 0. The topological polar surface area (TPSA) is 59.4 Å². The lowest BCUT2D eigenvalue weighted by Gasteiger charge is -2.05. The minimum atomic E-state index is -0.293. The summed E-state index contributed by atoms with van der Waals surface area (Å²) in [7, 11) is 1.90. The van der Waals surface area contributed by atoms with Crippen LogP contribution in [0.3, 0.4) is 0 Å². The first kappa shape index (κ1) is 17.7. The van der Waals surface area contributed by atoms with Crippen molar-refractivity contribution in [2.45, 2.75) is 13.8 Å². The molecule has 0 radical (unpaired) electrons. The van der Waals surface area contributed by atoms with Gasteiger partial charge in [-0.1, -0.05) is 12.1 Å². The van der Waals surface area contributed by atoms with Gasteiger partial charge in [-0.05, 0) is 56.3 Å². The predicted molar refractivity (Wildman–Crippen MR) is 107 cm³/mol. The second-order valence-electron chi connectivity index (χ2n) is 6.63. The molecule has 4 rings (SSSR count). The number of aryl methyl sites for hydroxylation is 2. The Bertz CT molecular complexity index is 1250. The second kappa shape index (κ2) is 6.78. The fourth-order valence-corrected chi connectivity index (χ4v) is 3.37. The van der Waals surface area contributed by atoms with Crippen LogP contribution in [0.4, 0.5) is 4.39 Å². The fourth-order valence-electron chi connectivity index (χ4n) is 3.37. The van der Waals surface area contributed by atoms with E-state index in [4.69, 9.17) is 0 Å². The van der Waals surface area contributed by atoms with E-state index >= 15 is 0 Å². The number of allylic oxidation sites excluding steroid dienone is 1. The van der Waals surface area contributed by atoms with Gasteiger partial charge in [0.2, 0.25) is 0 Å². The van der Waals surface area contributed by atoms with E-state index in [1.54, 1.807) is 16.8 Å². The molecular formula is C22H18FN5. The number of imidazole rings is 1. The number of benzene rings is 2. The largest absolute Gasteiger partial charge is 0.327 e. The molecule has 138 valence electrons. The quantitative estimate of drug-likeness (QED) is 0.495. The maximum atomic E-state index is 13.2. The maximum absolute atomic E-state index is 13.2. The molecule has 0 aliphatic heterocycles. The summed E-state index contributed by atoms with van der Waals surface area (Å²) in [6.45, 7) is 3.82. The lowest BCUT2D eigenvalue weighted by atomic mass is 10.1. The van der Waals surface area contributed by atoms with Crippen molar-refractivity contribution in [1.29, 1.82) is 5.26 Å². The van der Waals surface area contributed by atoms with E-state index < -0.39 is 0 Å². The van der Waals surface area contributed by atoms with Crippen LogP contribution in [0.5, 0.6) is 0 Å². The van der Waals surface area contributed by atoms with Crippen LogP contribution in [-0.4, -0.2) is 19.3 Å². The van der Waals surface area contributed by atoms with Gasteiger partial charge in [0, 0.05) is 18.3 Å². The molecule has 2 aromatic heterocycles. The maximum Gasteiger partial charge on any atom is 0.151 e. The summed E-state index contributed by atoms with van der Waals surface area (Å²) >= 11 is 0. The van der Waals surface area contributed by atoms with Crippen molar-refractivity contribution < 1.29 is 4.39 Å². The van der Waals surface area contributed by atoms with E-state index in [9.17, 15) is 9.65 Å². The van der Waals surface area contributed by atoms with Gasteiger partial charge < -0.3 is 4.57 Å². The van der Waals surface area contributed by atoms with Gasteiger partial charge in [0.15, 0.2) is 5.82 Å². The number of nitriles is 1. The molecule has 4 aromatic rings. The Hall–Kier alpha value is -3.72. The van der Waals surface area contributed by atoms with Crippen LogP contribution in [0.2, 0.25) is 0 Å². The van der Waals surface area contributed by atoms with Crippen LogP contribution >= 0.6 is 0 Å². The molecule has 0 aliphatic carbocycles. The number of fused-ring (bicyclic) bond motifs is 1. The highest BCUT2D eigenvalue weighted by Gasteiger charge is 2.16. The van der Waals surface area contributed by atoms with Crippen LogP contribution in [0.1, 0.15) is 22.8 Å². The SMILES string of the molecule is Cc1nn(-c2ccc(F)cc2)c(C)c1C=C(C#N)c1nc2ccccc2n1C. The zero-order valence-electron chi connectivity index (χ0n) is 15.8. The molecule has 5 nitrogen and oxygen atoms in total. The van der Waals surface area contributed by atoms with Crippen molar-refractivity contribution in [3.63, 3.8) is 0 Å². The van der Waals surface area contributed by atoms with E-state index in [0.29, 0.717) is 11.4 Å². The molecule has 2 aromatic carbocycles. The van der Waals surface area contributed by atoms with Gasteiger partial charge in [0.1, 0.15) is 11.9 Å². The molecule has 0 saturated carbocycles. The van der Waals surface area contributed by atoms with Gasteiger partial charge in [0.05, 0.1) is 28.0 Å². The summed E-state index contributed by atoms with van der Waals surface area (Å²) < 4.78 is 16.9. The molecule has 0 spiro atoms. The summed E-state index contributed by atoms with van der Waals surface area (Å²) in [6.07, 6.45) is 1.82. The highest BCUT2D eigenvalue weighted by Crippen LogP contribution is 2.25. The minimum absolute atomic E-state index is 0.293. The molecule has 0 atom stereocenters. The van der Waals surface area contributed by atoms with Crippen molar-refractivity contribution in [3.8, 4) is 11.8 Å². The van der Waals surface area contributed by atoms with Gasteiger partial charge in [-0.25, -0.2) is 14.1 Å². The number of hydrogen-bond acceptors (Lipinski definition) is 3. The Morgan fingerprint density at radius 3 is 2.50 bits per heavy atom. The van der Waals surface area contributed by atoms with E-state index in [2.05, 4.69) is 16.2 Å². The van der Waals surface area contributed by atoms with Crippen molar-refractivity contribution in [1.82, 2.24) is 19.3 Å². The van der Waals surface area contributed by atoms with Crippen molar-refractivity contribution >= 4 is 22.7 Å². The van der Waals surface area contributed by atoms with Crippen molar-refractivity contribution in [2.75, 3.05) is 0 Å². The lowest BCUT2D eigenvalue weighted by molar-refractivity contribution is 0.627. The molecule has 0 aliphatic rings. The van der Waals surface area contributed by atoms with Crippen LogP contribution in [-0.2, 0) is 7.05 Å². The van der Waals surface area contributed by atoms with E-state index in [1.807, 2.05) is 55.8 Å². The zero-order chi connectivity index (χ0) is 19.8. The smallest absolute Gasteiger partial charge is 0.151 e. The third-order valence-corrected chi connectivity index (χ3v) is 4.86. The molecule has 2 heterocycles. The molecule has 0 unspecified atom stereocenters. The summed E-state index contributed by atoms with van der Waals surface area (Å²) in [5.74, 6) is 0.316. The van der Waals surface area contributed by atoms with Crippen LogP contribution < -0.4 is 0 Å². The Morgan fingerprint density at radius 2 is 1.82 bits per heavy atom. The number of rotatable bonds is 3. The number of para-hydroxylation sites is 2. The molecular weight excluding hydrogens is 353 g/mol. The van der Waals surface area contributed by atoms with Crippen molar-refractivity contribution in [2.24, 2.45) is 7.05 Å². The molecule has 0 saturated heterocycles. The Balaban J connectivity index is 1.84. The van der Waals surface area contributed by atoms with E-state index in [-0.39, 0.29) is 5.82 Å². The Morgan fingerprint density at radius 1 is 1.11 bits per heavy atom. The third kappa shape index (κ3) is 2.87. The lowest BCUT2D eigenvalue weighted by Crippen LogP contribution is -1.99. The highest BCUT2D eigenvalue weighted by atomic mass is 19.1. The average Bonchev–Trinajstić information content (AvgIpc) is 3.18. The Kier molecular flexibility index (Phi) is 4.28. The first-order chi connectivity index (χ1) is 13.5. The third-order valence-electron chi connectivity index (χ3n) is 4.86. The minimum Gasteiger partial charge on any atom is -0.327 e. The van der Waals surface area contributed by atoms with Crippen LogP contribution in [0.15, 0.2) is 48.5 Å². The zero-order valence-corrected chi connectivity index (χ0v) is 15.8. The van der Waals surface area contributed by atoms with Crippen molar-refractivity contribution in [3.05, 3.63) is 77.1 Å². The monoisotopic (exact) mass is 371 g/mol. The van der Waals surface area contributed by atoms with Gasteiger partial charge >= 0.3 is 0 Å². The predicted octanol–water partition coefficient (Wildman–Crippen LogP) is 4.58. The summed E-state index contributed by atoms with van der Waals surface area (Å²) in [6, 6.07) is 16.2. The van der Waals surface area contributed by atoms with Crippen LogP contribution in [0, 0.1) is 31.0 Å². The molecule has 0 fully saturated rings. The molecule has 6 heteroatoms. The van der Waals surface area contributed by atoms with Gasteiger partial charge in [-0.2, -0.15) is 10.4 Å². The normalized spacial score (nSPS) is 11.8.